The summed E-state index contributed by atoms with van der Waals surface area (Å²) in [5.74, 6) is -8.42. The summed E-state index contributed by atoms with van der Waals surface area (Å²) in [5, 5.41) is 41.2. The van der Waals surface area contributed by atoms with Gasteiger partial charge in [-0.1, -0.05) is 111 Å². The van der Waals surface area contributed by atoms with Crippen molar-refractivity contribution in [2.45, 2.75) is 258 Å². The number of likely N-dealkylation sites (N-methyl/N-ethyl adjacent to an activating group) is 2. The molecule has 0 saturated carbocycles. The van der Waals surface area contributed by atoms with Gasteiger partial charge in [0, 0.05) is 60.1 Å². The first-order chi connectivity index (χ1) is 49.8. The van der Waals surface area contributed by atoms with E-state index in [0.29, 0.717) is 42.6 Å². The Morgan fingerprint density at radius 2 is 1.36 bits per heavy atom. The number of aliphatic hydroxyl groups is 2. The van der Waals surface area contributed by atoms with Gasteiger partial charge in [0.05, 0.1) is 61.4 Å². The number of hydrogen-bond donors (Lipinski definition) is 11. The van der Waals surface area contributed by atoms with Crippen LogP contribution in [0, 0.1) is 29.6 Å². The summed E-state index contributed by atoms with van der Waals surface area (Å²) in [7, 11) is 6.05. The minimum Gasteiger partial charge on any atom is -0.445 e. The van der Waals surface area contributed by atoms with Gasteiger partial charge in [-0.2, -0.15) is 0 Å². The molecule has 2 aromatic rings. The van der Waals surface area contributed by atoms with Crippen LogP contribution in [-0.2, 0) is 78.1 Å². The average Bonchev–Trinajstić information content (AvgIpc) is 1.61. The second kappa shape index (κ2) is 41.1. The van der Waals surface area contributed by atoms with Gasteiger partial charge in [-0.3, -0.25) is 43.3 Å². The molecule has 3 aliphatic rings. The highest BCUT2D eigenvalue weighted by Crippen LogP contribution is 2.37. The van der Waals surface area contributed by atoms with Crippen molar-refractivity contribution in [1.82, 2.24) is 46.6 Å². The number of amides is 11. The lowest BCUT2D eigenvalue weighted by Gasteiger charge is -2.41. The highest BCUT2D eigenvalue weighted by atomic mass is 16.8. The lowest BCUT2D eigenvalue weighted by atomic mass is 9.89. The summed E-state index contributed by atoms with van der Waals surface area (Å²) in [5.41, 5.74) is 13.0. The molecule has 17 atom stereocenters. The second-order valence-electron chi connectivity index (χ2n) is 30.2. The second-order valence-corrected chi connectivity index (χ2v) is 30.2. The van der Waals surface area contributed by atoms with Crippen LogP contribution in [0.5, 0.6) is 0 Å². The molecule has 5 rings (SSSR count). The fourth-order valence-corrected chi connectivity index (χ4v) is 13.8. The number of primary amides is 1. The Labute approximate surface area is 624 Å². The number of likely N-dealkylation sites (tertiary alicyclic amines) is 1. The topological polar surface area (TPSA) is 422 Å². The lowest BCUT2D eigenvalue weighted by Crippen LogP contribution is -2.60. The summed E-state index contributed by atoms with van der Waals surface area (Å²) in [6.45, 7) is 25.0. The largest absolute Gasteiger partial charge is 0.445 e. The molecule has 3 saturated heterocycles. The first kappa shape index (κ1) is 89.0. The van der Waals surface area contributed by atoms with Crippen LogP contribution in [0.15, 0.2) is 54.6 Å². The molecule has 3 aliphatic heterocycles. The van der Waals surface area contributed by atoms with Gasteiger partial charge in [0.25, 0.3) is 0 Å². The maximum atomic E-state index is 14.9. The van der Waals surface area contributed by atoms with Crippen molar-refractivity contribution in [2.75, 3.05) is 59.9 Å². The number of nitrogens with zero attached hydrogens (tertiary/aromatic N) is 3. The summed E-state index contributed by atoms with van der Waals surface area (Å²) < 4.78 is 41.5. The monoisotopic (exact) mass is 1490 g/mol. The first-order valence-electron chi connectivity index (χ1n) is 37.0. The van der Waals surface area contributed by atoms with Crippen molar-refractivity contribution in [3.05, 3.63) is 65.7 Å². The van der Waals surface area contributed by atoms with Gasteiger partial charge < -0.3 is 102 Å². The fraction of sp³-hybridized carbons (Fsp3) is 0.707. The maximum Gasteiger partial charge on any atom is 0.410 e. The zero-order chi connectivity index (χ0) is 79.2. The molecule has 13 N–H and O–H groups in total. The molecule has 0 aromatic heterocycles. The number of aliphatic hydroxyl groups excluding tert-OH is 2. The van der Waals surface area contributed by atoms with E-state index in [1.54, 1.807) is 136 Å². The number of benzene rings is 2. The third-order valence-electron chi connectivity index (χ3n) is 20.0. The molecular weight excluding hydrogens is 1370 g/mol. The Hall–Kier alpha value is -7.62. The van der Waals surface area contributed by atoms with E-state index in [-0.39, 0.29) is 76.1 Å². The van der Waals surface area contributed by atoms with Gasteiger partial charge in [0.15, 0.2) is 11.6 Å². The number of carbonyl (C=O) groups excluding carboxylic acids is 10. The van der Waals surface area contributed by atoms with E-state index in [1.807, 2.05) is 32.0 Å². The van der Waals surface area contributed by atoms with Crippen molar-refractivity contribution >= 4 is 65.1 Å². The van der Waals surface area contributed by atoms with Crippen molar-refractivity contribution in [3.8, 4) is 0 Å². The number of urea groups is 1. The predicted octanol–water partition coefficient (Wildman–Crippen LogP) is 3.85. The maximum absolute atomic E-state index is 14.9. The number of anilines is 1. The Kier molecular flexibility index (Phi) is 34.5. The predicted molar refractivity (Wildman–Crippen MR) is 394 cm³/mol. The fourth-order valence-electron chi connectivity index (χ4n) is 13.8. The van der Waals surface area contributed by atoms with Gasteiger partial charge in [-0.15, -0.1) is 0 Å². The van der Waals surface area contributed by atoms with Gasteiger partial charge in [-0.05, 0) is 114 Å². The van der Waals surface area contributed by atoms with E-state index in [2.05, 4.69) is 37.2 Å². The molecule has 3 fully saturated rings. The molecule has 31 nitrogen and oxygen atoms in total. The smallest absolute Gasteiger partial charge is 0.410 e. The van der Waals surface area contributed by atoms with Crippen LogP contribution in [0.25, 0.3) is 0 Å². The number of nitrogens with one attached hydrogen (secondary N) is 7. The Morgan fingerprint density at radius 1 is 0.717 bits per heavy atom. The molecule has 0 spiro atoms. The molecule has 0 unspecified atom stereocenters. The van der Waals surface area contributed by atoms with Gasteiger partial charge in [0.2, 0.25) is 47.3 Å². The molecule has 11 amide bonds. The van der Waals surface area contributed by atoms with Gasteiger partial charge in [-0.25, -0.2) is 9.59 Å². The Bertz CT molecular complexity index is 3220. The van der Waals surface area contributed by atoms with Crippen LogP contribution >= 0.6 is 0 Å². The molecule has 596 valence electrons. The SMILES string of the molecule is CC[C@H](C)[C@@H]([C@@H](CC(=O)N1CCC[C@H]1[C@H](OC)[C@@H](C)C(=O)N[C@H](C)[C@@H](O)c1ccccc1)OC)N(C)C(=O)[C@@H](NC(=O)[C@H](C(C)C)N(C)C(=O)OCc1ccc(NC(=O)[C@H](CCCNC(N)=O)NC(=O)[C@@H](NC(=O)[C@H](N)CCC(=O)NC[C@H](O)[C@H]2OC(C)(C)O[C@@H]2[C@H]2COC(C)(C)O2)C(C)C)cc1)C(C)C. The number of hydrogen-bond acceptors (Lipinski definition) is 20. The van der Waals surface area contributed by atoms with Crippen LogP contribution in [0.4, 0.5) is 15.3 Å². The number of methoxy groups -OCH3 is 2. The number of ether oxygens (including phenoxy) is 7. The van der Waals surface area contributed by atoms with Crippen LogP contribution in [0.3, 0.4) is 0 Å². The van der Waals surface area contributed by atoms with Gasteiger partial charge >= 0.3 is 12.1 Å². The highest BCUT2D eigenvalue weighted by molar-refractivity contribution is 5.99. The normalized spacial score (nSPS) is 21.3. The molecule has 3 heterocycles. The summed E-state index contributed by atoms with van der Waals surface area (Å²) in [6, 6.07) is 7.03. The highest BCUT2D eigenvalue weighted by Gasteiger charge is 2.52. The minimum absolute atomic E-state index is 0.0196. The third-order valence-corrected chi connectivity index (χ3v) is 20.0. The van der Waals surface area contributed by atoms with Crippen molar-refractivity contribution < 1.29 is 91.3 Å². The third kappa shape index (κ3) is 25.5. The van der Waals surface area contributed by atoms with Crippen LogP contribution < -0.4 is 48.7 Å². The van der Waals surface area contributed by atoms with Crippen molar-refractivity contribution in [3.63, 3.8) is 0 Å². The molecule has 0 radical (unpaired) electrons. The summed E-state index contributed by atoms with van der Waals surface area (Å²) in [4.78, 5) is 142. The Balaban J connectivity index is 1.16. The van der Waals surface area contributed by atoms with Crippen molar-refractivity contribution in [2.24, 2.45) is 41.1 Å². The zero-order valence-electron chi connectivity index (χ0n) is 65.3. The van der Waals surface area contributed by atoms with E-state index >= 15 is 0 Å². The van der Waals surface area contributed by atoms with Crippen LogP contribution in [0.2, 0.25) is 0 Å². The Morgan fingerprint density at radius 3 is 1.93 bits per heavy atom. The van der Waals surface area contributed by atoms with Gasteiger partial charge in [0.1, 0.15) is 55.2 Å². The molecule has 0 aliphatic carbocycles. The summed E-state index contributed by atoms with van der Waals surface area (Å²) in [6.07, 6.45) is -4.89. The van der Waals surface area contributed by atoms with Crippen LogP contribution in [0.1, 0.15) is 166 Å². The minimum atomic E-state index is -1.24. The number of rotatable bonds is 40. The van der Waals surface area contributed by atoms with E-state index in [0.717, 1.165) is 4.90 Å². The molecular formula is C75H122N12O19. The molecule has 106 heavy (non-hydrogen) atoms. The van der Waals surface area contributed by atoms with E-state index in [9.17, 15) is 58.2 Å². The quantitative estimate of drug-likeness (QED) is 0.0422. The number of carbonyl (C=O) groups is 10. The zero-order valence-corrected chi connectivity index (χ0v) is 65.3. The van der Waals surface area contributed by atoms with E-state index in [4.69, 9.17) is 44.6 Å². The molecule has 2 aromatic carbocycles. The standard InChI is InChI=1S/C75H122N12O19/c1-19-44(8)61(54(100-17)37-57(90)87-36-24-28-52(87)63(101-18)45(9)66(92)80-46(10)62(91)48-25-21-20-22-26-48)85(15)71(97)59(42(4)5)84-70(96)60(43(6)7)86(16)73(99)102-39-47-29-31-49(32-30-47)81-68(94)51(27-23-35-78-72(77)98)82-69(95)58(41(2)3)83-67(93)50(76)33-34-56(89)79-38-53(88)64-65(106-75(13,14)105-64)55-40-103-74(11,12)104-55/h20-22,25-26,29-32,41-46,50-55,58-65,88,91H,19,23-24,27-28,33-40,76H2,1-18H3,(H,79,89)(H,80,92)(H,81,94)(H,82,95)(H,83,93)(H,84,96)(H3,77,78,98)/t44-,45+,46+,50+,51-,52-,53-,54+,55+,58-,59-,60-,61-,62+,63+,64+,65+/m0/s1. The molecule has 31 heteroatoms. The van der Waals surface area contributed by atoms with Crippen molar-refractivity contribution in [1.29, 1.82) is 0 Å². The average molecular weight is 1500 g/mol. The van der Waals surface area contributed by atoms with Crippen LogP contribution in [-0.4, -0.2) is 235 Å². The lowest BCUT2D eigenvalue weighted by molar-refractivity contribution is -0.175. The van der Waals surface area contributed by atoms with E-state index < -0.39 is 174 Å². The summed E-state index contributed by atoms with van der Waals surface area (Å²) >= 11 is 0. The first-order valence-corrected chi connectivity index (χ1v) is 37.0. The molecule has 0 bridgehead atoms. The van der Waals surface area contributed by atoms with E-state index in [1.165, 1.54) is 21.3 Å². The number of nitrogens with two attached hydrogens (primary N) is 2.